The van der Waals surface area contributed by atoms with Gasteiger partial charge in [-0.3, -0.25) is 4.79 Å². The lowest BCUT2D eigenvalue weighted by atomic mass is 10.2. The minimum atomic E-state index is -4.62. The largest absolute Gasteiger partial charge is 0.471 e. The number of rotatable bonds is 6. The Morgan fingerprint density at radius 3 is 2.67 bits per heavy atom. The molecule has 1 aliphatic rings. The van der Waals surface area contributed by atoms with Crippen molar-refractivity contribution >= 4 is 33.2 Å². The molecule has 0 bridgehead atoms. The van der Waals surface area contributed by atoms with Crippen molar-refractivity contribution in [2.45, 2.75) is 31.7 Å². The molecular weight excluding hydrogens is 505 g/mol. The van der Waals surface area contributed by atoms with Gasteiger partial charge in [0.15, 0.2) is 18.1 Å². The first-order chi connectivity index (χ1) is 15.8. The van der Waals surface area contributed by atoms with Crippen LogP contribution in [0.4, 0.5) is 18.9 Å². The molecule has 1 saturated carbocycles. The minimum Gasteiger partial charge on any atom is -0.471 e. The average Bonchev–Trinajstić information content (AvgIpc) is 3.38. The van der Waals surface area contributed by atoms with Gasteiger partial charge in [-0.15, -0.1) is 0 Å². The number of benzene rings is 1. The highest BCUT2D eigenvalue weighted by Gasteiger charge is 2.37. The quantitative estimate of drug-likeness (QED) is 0.391. The molecule has 12 heteroatoms. The number of hydrogen-bond donors (Lipinski definition) is 1. The first-order valence-electron chi connectivity index (χ1n) is 9.96. The number of carbonyl (C=O) groups is 1. The maximum atomic E-state index is 13.5. The zero-order valence-corrected chi connectivity index (χ0v) is 18.5. The zero-order chi connectivity index (χ0) is 23.2. The number of ether oxygens (including phenoxy) is 1. The Kier molecular flexibility index (Phi) is 5.31. The third-order valence-electron chi connectivity index (χ3n) is 5.03. The van der Waals surface area contributed by atoms with Crippen molar-refractivity contribution in [1.29, 1.82) is 0 Å². The number of nitrogens with zero attached hydrogens (tertiary/aromatic N) is 5. The summed E-state index contributed by atoms with van der Waals surface area (Å²) in [5.41, 5.74) is -0.436. The second-order valence-electron chi connectivity index (χ2n) is 7.59. The fraction of sp³-hybridized carbons (Fsp3) is 0.238. The summed E-state index contributed by atoms with van der Waals surface area (Å²) < 4.78 is 49.3. The van der Waals surface area contributed by atoms with Crippen LogP contribution >= 0.6 is 15.9 Å². The van der Waals surface area contributed by atoms with Crippen molar-refractivity contribution in [3.63, 3.8) is 0 Å². The maximum Gasteiger partial charge on any atom is 0.433 e. The molecule has 0 unspecified atom stereocenters. The lowest BCUT2D eigenvalue weighted by Crippen LogP contribution is -2.16. The van der Waals surface area contributed by atoms with Crippen LogP contribution in [0.1, 0.15) is 40.6 Å². The van der Waals surface area contributed by atoms with Gasteiger partial charge in [0.05, 0.1) is 18.1 Å². The van der Waals surface area contributed by atoms with Crippen LogP contribution in [0.2, 0.25) is 0 Å². The number of fused-ring (bicyclic) bond motifs is 1. The summed E-state index contributed by atoms with van der Waals surface area (Å²) in [4.78, 5) is 16.9. The van der Waals surface area contributed by atoms with Gasteiger partial charge in [0.1, 0.15) is 11.4 Å². The number of halogens is 4. The van der Waals surface area contributed by atoms with E-state index in [0.717, 1.165) is 23.4 Å². The molecular formula is C21H16BrF3N6O2. The van der Waals surface area contributed by atoms with Gasteiger partial charge >= 0.3 is 6.18 Å². The highest BCUT2D eigenvalue weighted by Crippen LogP contribution is 2.41. The number of amides is 1. The summed E-state index contributed by atoms with van der Waals surface area (Å²) >= 11 is 3.34. The number of anilines is 1. The zero-order valence-electron chi connectivity index (χ0n) is 16.9. The molecule has 5 rings (SSSR count). The van der Waals surface area contributed by atoms with Gasteiger partial charge in [-0.1, -0.05) is 15.9 Å². The Labute approximate surface area is 193 Å². The number of carbonyl (C=O) groups excluding carboxylic acids is 1. The summed E-state index contributed by atoms with van der Waals surface area (Å²) in [5.74, 6) is -0.00811. The predicted octanol–water partition coefficient (Wildman–Crippen LogP) is 4.87. The molecule has 0 aliphatic heterocycles. The van der Waals surface area contributed by atoms with Crippen LogP contribution in [0, 0.1) is 0 Å². The van der Waals surface area contributed by atoms with Crippen LogP contribution < -0.4 is 10.1 Å². The van der Waals surface area contributed by atoms with Gasteiger partial charge < -0.3 is 10.1 Å². The van der Waals surface area contributed by atoms with Gasteiger partial charge in [-0.2, -0.15) is 23.4 Å². The lowest BCUT2D eigenvalue weighted by molar-refractivity contribution is -0.142. The van der Waals surface area contributed by atoms with E-state index in [1.165, 1.54) is 23.1 Å². The first kappa shape index (κ1) is 21.4. The lowest BCUT2D eigenvalue weighted by Gasteiger charge is -2.10. The normalized spacial score (nSPS) is 13.9. The topological polar surface area (TPSA) is 86.3 Å². The Balaban J connectivity index is 1.31. The van der Waals surface area contributed by atoms with Crippen LogP contribution in [0.15, 0.2) is 53.3 Å². The molecule has 1 aliphatic carbocycles. The Hall–Kier alpha value is -3.41. The monoisotopic (exact) mass is 520 g/mol. The SMILES string of the molecule is O=C(Nc1cnn(COc2ccc(Br)cc2)c1)c1cc2nc(C3CC3)cc(C(F)(F)F)n2n1. The maximum absolute atomic E-state index is 13.5. The number of aromatic nitrogens is 5. The molecule has 3 heterocycles. The van der Waals surface area contributed by atoms with E-state index in [1.807, 2.05) is 12.1 Å². The van der Waals surface area contributed by atoms with Crippen LogP contribution in [0.3, 0.4) is 0 Å². The second-order valence-corrected chi connectivity index (χ2v) is 8.50. The van der Waals surface area contributed by atoms with E-state index in [1.54, 1.807) is 12.1 Å². The highest BCUT2D eigenvalue weighted by atomic mass is 79.9. The summed E-state index contributed by atoms with van der Waals surface area (Å²) in [6.45, 7) is 0.106. The van der Waals surface area contributed by atoms with E-state index in [2.05, 4.69) is 36.4 Å². The molecule has 0 radical (unpaired) electrons. The summed E-state index contributed by atoms with van der Waals surface area (Å²) in [6, 6.07) is 9.51. The number of hydrogen-bond acceptors (Lipinski definition) is 5. The molecule has 0 saturated heterocycles. The van der Waals surface area contributed by atoms with Crippen LogP contribution in [0.25, 0.3) is 5.65 Å². The van der Waals surface area contributed by atoms with E-state index in [4.69, 9.17) is 4.74 Å². The molecule has 33 heavy (non-hydrogen) atoms. The first-order valence-corrected chi connectivity index (χ1v) is 10.8. The van der Waals surface area contributed by atoms with Gasteiger partial charge in [-0.05, 0) is 43.2 Å². The molecule has 3 aromatic heterocycles. The van der Waals surface area contributed by atoms with Crippen molar-refractivity contribution < 1.29 is 22.7 Å². The second kappa shape index (κ2) is 8.18. The standard InChI is InChI=1S/C21H16BrF3N6O2/c22-13-3-5-15(6-4-13)33-11-30-10-14(9-26-30)27-20(32)17-8-19-28-16(12-1-2-12)7-18(21(23,24)25)31(19)29-17/h3-10,12H,1-2,11H2,(H,27,32). The van der Waals surface area contributed by atoms with E-state index < -0.39 is 17.8 Å². The molecule has 170 valence electrons. The van der Waals surface area contributed by atoms with Crippen molar-refractivity contribution in [2.24, 2.45) is 0 Å². The van der Waals surface area contributed by atoms with E-state index in [9.17, 15) is 18.0 Å². The third kappa shape index (κ3) is 4.70. The van der Waals surface area contributed by atoms with Crippen molar-refractivity contribution in [3.8, 4) is 5.75 Å². The molecule has 1 fully saturated rings. The summed E-state index contributed by atoms with van der Waals surface area (Å²) in [7, 11) is 0. The molecule has 4 aromatic rings. The molecule has 1 amide bonds. The van der Waals surface area contributed by atoms with Gasteiger partial charge in [0.25, 0.3) is 5.91 Å². The fourth-order valence-electron chi connectivity index (χ4n) is 3.26. The average molecular weight is 521 g/mol. The summed E-state index contributed by atoms with van der Waals surface area (Å²) in [6.07, 6.45) is -0.0735. The van der Waals surface area contributed by atoms with Gasteiger partial charge in [0.2, 0.25) is 0 Å². The Morgan fingerprint density at radius 1 is 1.21 bits per heavy atom. The van der Waals surface area contributed by atoms with E-state index >= 15 is 0 Å². The molecule has 0 atom stereocenters. The molecule has 8 nitrogen and oxygen atoms in total. The number of alkyl halides is 3. The van der Waals surface area contributed by atoms with E-state index in [-0.39, 0.29) is 24.0 Å². The number of nitrogens with one attached hydrogen (secondary N) is 1. The smallest absolute Gasteiger partial charge is 0.433 e. The minimum absolute atomic E-state index is 0.0181. The molecule has 0 spiro atoms. The van der Waals surface area contributed by atoms with Crippen LogP contribution in [-0.4, -0.2) is 30.3 Å². The molecule has 1 aromatic carbocycles. The molecule has 1 N–H and O–H groups in total. The van der Waals surface area contributed by atoms with Crippen molar-refractivity contribution in [2.75, 3.05) is 5.32 Å². The van der Waals surface area contributed by atoms with Crippen molar-refractivity contribution in [3.05, 3.63) is 70.3 Å². The third-order valence-corrected chi connectivity index (χ3v) is 5.56. The van der Waals surface area contributed by atoms with Crippen molar-refractivity contribution in [1.82, 2.24) is 24.4 Å². The van der Waals surface area contributed by atoms with Gasteiger partial charge in [-0.25, -0.2) is 14.2 Å². The van der Waals surface area contributed by atoms with Gasteiger partial charge in [0, 0.05) is 22.2 Å². The Morgan fingerprint density at radius 2 is 1.97 bits per heavy atom. The Bertz CT molecular complexity index is 1330. The predicted molar refractivity (Wildman–Crippen MR) is 115 cm³/mol. The highest BCUT2D eigenvalue weighted by molar-refractivity contribution is 9.10. The van der Waals surface area contributed by atoms with E-state index in [0.29, 0.717) is 21.6 Å². The fourth-order valence-corrected chi connectivity index (χ4v) is 3.52. The van der Waals surface area contributed by atoms with Crippen LogP contribution in [-0.2, 0) is 12.9 Å². The van der Waals surface area contributed by atoms with Crippen LogP contribution in [0.5, 0.6) is 5.75 Å². The summed E-state index contributed by atoms with van der Waals surface area (Å²) in [5, 5.41) is 10.5.